The first-order valence-electron chi connectivity index (χ1n) is 6.72. The zero-order valence-electron chi connectivity index (χ0n) is 11.8. The van der Waals surface area contributed by atoms with Gasteiger partial charge in [0.1, 0.15) is 5.82 Å². The minimum absolute atomic E-state index is 0.118. The van der Waals surface area contributed by atoms with Crippen molar-refractivity contribution >= 4 is 5.69 Å². The van der Waals surface area contributed by atoms with Gasteiger partial charge < -0.3 is 10.2 Å². The standard InChI is InChI=1S/C15H23FN2/c1-5-15(4)10-18(12(3)9-17-15)14-7-11(2)6-13(16)8-14/h6-8,12,17H,5,9-10H2,1-4H3. The molecule has 2 nitrogen and oxygen atoms in total. The second-order valence-corrected chi connectivity index (χ2v) is 5.76. The molecule has 1 fully saturated rings. The average molecular weight is 250 g/mol. The number of anilines is 1. The minimum Gasteiger partial charge on any atom is -0.366 e. The number of nitrogens with zero attached hydrogens (tertiary/aromatic N) is 1. The number of hydrogen-bond acceptors (Lipinski definition) is 2. The van der Waals surface area contributed by atoms with Gasteiger partial charge in [-0.25, -0.2) is 4.39 Å². The van der Waals surface area contributed by atoms with Gasteiger partial charge in [0.25, 0.3) is 0 Å². The normalized spacial score (nSPS) is 28.5. The molecule has 1 aromatic rings. The zero-order chi connectivity index (χ0) is 13.3. The predicted molar refractivity (Wildman–Crippen MR) is 74.6 cm³/mol. The summed E-state index contributed by atoms with van der Waals surface area (Å²) < 4.78 is 13.5. The summed E-state index contributed by atoms with van der Waals surface area (Å²) in [5.41, 5.74) is 2.10. The van der Waals surface area contributed by atoms with Crippen LogP contribution in [-0.4, -0.2) is 24.7 Å². The fraction of sp³-hybridized carbons (Fsp3) is 0.600. The van der Waals surface area contributed by atoms with E-state index in [1.807, 2.05) is 6.92 Å². The second-order valence-electron chi connectivity index (χ2n) is 5.76. The number of nitrogens with one attached hydrogen (secondary N) is 1. The molecular weight excluding hydrogens is 227 g/mol. The van der Waals surface area contributed by atoms with E-state index in [-0.39, 0.29) is 11.4 Å². The monoisotopic (exact) mass is 250 g/mol. The summed E-state index contributed by atoms with van der Waals surface area (Å²) in [6.07, 6.45) is 1.07. The largest absolute Gasteiger partial charge is 0.366 e. The van der Waals surface area contributed by atoms with Crippen LogP contribution >= 0.6 is 0 Å². The van der Waals surface area contributed by atoms with Crippen LogP contribution in [0.2, 0.25) is 0 Å². The van der Waals surface area contributed by atoms with Crippen molar-refractivity contribution in [1.82, 2.24) is 5.32 Å². The molecule has 0 aliphatic carbocycles. The average Bonchev–Trinajstić information content (AvgIpc) is 2.31. The van der Waals surface area contributed by atoms with Crippen LogP contribution in [-0.2, 0) is 0 Å². The molecule has 1 heterocycles. The van der Waals surface area contributed by atoms with Crippen molar-refractivity contribution in [3.05, 3.63) is 29.6 Å². The van der Waals surface area contributed by atoms with Crippen LogP contribution in [0.1, 0.15) is 32.8 Å². The van der Waals surface area contributed by atoms with Gasteiger partial charge in [-0.3, -0.25) is 0 Å². The van der Waals surface area contributed by atoms with Crippen LogP contribution in [0, 0.1) is 12.7 Å². The number of halogens is 1. The molecule has 2 rings (SSSR count). The molecule has 0 spiro atoms. The van der Waals surface area contributed by atoms with Crippen molar-refractivity contribution in [1.29, 1.82) is 0 Å². The van der Waals surface area contributed by atoms with E-state index in [4.69, 9.17) is 0 Å². The molecule has 1 aliphatic heterocycles. The highest BCUT2D eigenvalue weighted by Crippen LogP contribution is 2.26. The molecule has 1 aromatic carbocycles. The Bertz CT molecular complexity index is 412. The van der Waals surface area contributed by atoms with Gasteiger partial charge in [0.2, 0.25) is 0 Å². The van der Waals surface area contributed by atoms with Crippen LogP contribution in [0.3, 0.4) is 0 Å². The topological polar surface area (TPSA) is 15.3 Å². The van der Waals surface area contributed by atoms with E-state index in [0.29, 0.717) is 6.04 Å². The van der Waals surface area contributed by atoms with Gasteiger partial charge in [-0.05, 0) is 51.0 Å². The van der Waals surface area contributed by atoms with Crippen molar-refractivity contribution in [3.63, 3.8) is 0 Å². The van der Waals surface area contributed by atoms with Gasteiger partial charge >= 0.3 is 0 Å². The summed E-state index contributed by atoms with van der Waals surface area (Å²) in [5.74, 6) is -0.145. The van der Waals surface area contributed by atoms with Gasteiger partial charge in [0.05, 0.1) is 0 Å². The van der Waals surface area contributed by atoms with Crippen LogP contribution in [0.4, 0.5) is 10.1 Å². The third-order valence-corrected chi connectivity index (χ3v) is 4.01. The number of hydrogen-bond donors (Lipinski definition) is 1. The molecule has 0 radical (unpaired) electrons. The Balaban J connectivity index is 2.29. The molecule has 100 valence electrons. The Morgan fingerprint density at radius 1 is 1.44 bits per heavy atom. The van der Waals surface area contributed by atoms with Gasteiger partial charge in [-0.2, -0.15) is 0 Å². The van der Waals surface area contributed by atoms with Gasteiger partial charge in [0, 0.05) is 30.4 Å². The zero-order valence-corrected chi connectivity index (χ0v) is 11.8. The van der Waals surface area contributed by atoms with E-state index in [1.54, 1.807) is 12.1 Å². The number of aryl methyl sites for hydroxylation is 1. The van der Waals surface area contributed by atoms with E-state index < -0.39 is 0 Å². The quantitative estimate of drug-likeness (QED) is 0.867. The Labute approximate surface area is 109 Å². The SMILES string of the molecule is CCC1(C)CN(c2cc(C)cc(F)c2)C(C)CN1. The molecule has 0 aromatic heterocycles. The van der Waals surface area contributed by atoms with Crippen molar-refractivity contribution in [2.75, 3.05) is 18.0 Å². The lowest BCUT2D eigenvalue weighted by Gasteiger charge is -2.46. The Kier molecular flexibility index (Phi) is 3.62. The Hall–Kier alpha value is -1.09. The van der Waals surface area contributed by atoms with Gasteiger partial charge in [0.15, 0.2) is 0 Å². The first-order chi connectivity index (χ1) is 8.43. The summed E-state index contributed by atoms with van der Waals surface area (Å²) in [7, 11) is 0. The molecule has 0 saturated carbocycles. The Morgan fingerprint density at radius 2 is 2.17 bits per heavy atom. The van der Waals surface area contributed by atoms with E-state index in [0.717, 1.165) is 30.8 Å². The molecule has 1 aliphatic rings. The highest BCUT2D eigenvalue weighted by Gasteiger charge is 2.32. The lowest BCUT2D eigenvalue weighted by atomic mass is 9.93. The van der Waals surface area contributed by atoms with Crippen LogP contribution in [0.25, 0.3) is 0 Å². The van der Waals surface area contributed by atoms with E-state index in [2.05, 4.69) is 37.1 Å². The second kappa shape index (κ2) is 4.88. The number of benzene rings is 1. The number of piperazine rings is 1. The molecule has 2 unspecified atom stereocenters. The number of rotatable bonds is 2. The smallest absolute Gasteiger partial charge is 0.125 e. The molecule has 3 heteroatoms. The minimum atomic E-state index is -0.145. The van der Waals surface area contributed by atoms with Gasteiger partial charge in [-0.1, -0.05) is 6.92 Å². The van der Waals surface area contributed by atoms with Crippen molar-refractivity contribution in [3.8, 4) is 0 Å². The fourth-order valence-corrected chi connectivity index (χ4v) is 2.56. The predicted octanol–water partition coefficient (Wildman–Crippen LogP) is 3.10. The molecule has 0 bridgehead atoms. The molecule has 1 N–H and O–H groups in total. The summed E-state index contributed by atoms with van der Waals surface area (Å²) in [5, 5.41) is 3.59. The first-order valence-corrected chi connectivity index (χ1v) is 6.72. The Morgan fingerprint density at radius 3 is 2.78 bits per heavy atom. The maximum atomic E-state index is 13.5. The van der Waals surface area contributed by atoms with E-state index >= 15 is 0 Å². The maximum absolute atomic E-state index is 13.5. The van der Waals surface area contributed by atoms with E-state index in [9.17, 15) is 4.39 Å². The molecular formula is C15H23FN2. The van der Waals surface area contributed by atoms with Crippen LogP contribution in [0.15, 0.2) is 18.2 Å². The highest BCUT2D eigenvalue weighted by atomic mass is 19.1. The third-order valence-electron chi connectivity index (χ3n) is 4.01. The summed E-state index contributed by atoms with van der Waals surface area (Å²) in [4.78, 5) is 2.32. The van der Waals surface area contributed by atoms with Gasteiger partial charge in [-0.15, -0.1) is 0 Å². The fourth-order valence-electron chi connectivity index (χ4n) is 2.56. The van der Waals surface area contributed by atoms with Crippen LogP contribution in [0.5, 0.6) is 0 Å². The van der Waals surface area contributed by atoms with Crippen LogP contribution < -0.4 is 10.2 Å². The third kappa shape index (κ3) is 2.66. The van der Waals surface area contributed by atoms with Crippen molar-refractivity contribution in [2.45, 2.75) is 45.7 Å². The summed E-state index contributed by atoms with van der Waals surface area (Å²) >= 11 is 0. The lowest BCUT2D eigenvalue weighted by Crippen LogP contribution is -2.62. The molecule has 0 amide bonds. The highest BCUT2D eigenvalue weighted by molar-refractivity contribution is 5.51. The molecule has 1 saturated heterocycles. The maximum Gasteiger partial charge on any atom is 0.125 e. The van der Waals surface area contributed by atoms with Crippen molar-refractivity contribution < 1.29 is 4.39 Å². The lowest BCUT2D eigenvalue weighted by molar-refractivity contribution is 0.285. The summed E-state index contributed by atoms with van der Waals surface area (Å²) in [6, 6.07) is 5.69. The molecule has 18 heavy (non-hydrogen) atoms. The van der Waals surface area contributed by atoms with Crippen molar-refractivity contribution in [2.24, 2.45) is 0 Å². The first kappa shape index (κ1) is 13.3. The molecule has 2 atom stereocenters. The summed E-state index contributed by atoms with van der Waals surface area (Å²) in [6.45, 7) is 10.4. The van der Waals surface area contributed by atoms with E-state index in [1.165, 1.54) is 0 Å².